The summed E-state index contributed by atoms with van der Waals surface area (Å²) < 4.78 is 0. The summed E-state index contributed by atoms with van der Waals surface area (Å²) in [5, 5.41) is 25.2. The number of aromatic nitrogens is 4. The molecule has 3 aromatic rings. The lowest BCUT2D eigenvalue weighted by atomic mass is 10.1. The first-order valence-corrected chi connectivity index (χ1v) is 11.2. The van der Waals surface area contributed by atoms with E-state index < -0.39 is 29.4 Å². The van der Waals surface area contributed by atoms with Gasteiger partial charge in [-0.3, -0.25) is 34.3 Å². The second-order valence-electron chi connectivity index (χ2n) is 7.90. The van der Waals surface area contributed by atoms with Gasteiger partial charge >= 0.3 is 11.9 Å². The van der Waals surface area contributed by atoms with Crippen LogP contribution in [0.1, 0.15) is 28.9 Å². The quantitative estimate of drug-likeness (QED) is 0.164. The summed E-state index contributed by atoms with van der Waals surface area (Å²) in [7, 11) is 0. The minimum atomic E-state index is -1.31. The van der Waals surface area contributed by atoms with Crippen LogP contribution in [0.15, 0.2) is 47.4 Å². The Bertz CT molecular complexity index is 1500. The highest BCUT2D eigenvalue weighted by molar-refractivity contribution is 6.12. The molecule has 16 heteroatoms. The minimum Gasteiger partial charge on any atom is -0.481 e. The number of nitrogen functional groups attached to an aromatic ring is 1. The summed E-state index contributed by atoms with van der Waals surface area (Å²) in [4.78, 5) is 80.6. The third-order valence-corrected chi connectivity index (χ3v) is 4.99. The molecular formula is C23H22N8O8. The first-order valence-electron chi connectivity index (χ1n) is 11.2. The minimum absolute atomic E-state index is 0.0524. The molecule has 0 radical (unpaired) electrons. The Morgan fingerprint density at radius 1 is 1.00 bits per heavy atom. The molecule has 0 saturated heterocycles. The molecular weight excluding hydrogens is 516 g/mol. The highest BCUT2D eigenvalue weighted by Gasteiger charge is 2.21. The molecule has 16 nitrogen and oxygen atoms in total. The van der Waals surface area contributed by atoms with Gasteiger partial charge in [0.15, 0.2) is 11.2 Å². The molecule has 4 rings (SSSR count). The van der Waals surface area contributed by atoms with Crippen LogP contribution in [0, 0.1) is 0 Å². The molecule has 3 amide bonds. The van der Waals surface area contributed by atoms with Gasteiger partial charge in [-0.1, -0.05) is 0 Å². The number of amides is 3. The number of hydrogen-bond acceptors (Lipinski definition) is 11. The fourth-order valence-electron chi connectivity index (χ4n) is 3.11. The lowest BCUT2D eigenvalue weighted by Crippen LogP contribution is -2.41. The van der Waals surface area contributed by atoms with Crippen LogP contribution < -0.4 is 27.2 Å². The van der Waals surface area contributed by atoms with E-state index in [0.29, 0.717) is 11.4 Å². The predicted octanol–water partition coefficient (Wildman–Crippen LogP) is -0.846. The Morgan fingerprint density at radius 2 is 1.67 bits per heavy atom. The number of carboxylic acids is 2. The maximum Gasteiger partial charge on any atom is 0.326 e. The average molecular weight is 538 g/mol. The maximum atomic E-state index is 12.3. The molecule has 0 fully saturated rings. The number of hydrogen-bond donors (Lipinski definition) is 7. The number of nitrogens with zero attached hydrogens (tertiary/aromatic N) is 3. The van der Waals surface area contributed by atoms with Gasteiger partial charge in [0.25, 0.3) is 23.3 Å². The van der Waals surface area contributed by atoms with Gasteiger partial charge < -0.3 is 26.6 Å². The zero-order chi connectivity index (χ0) is 28.5. The van der Waals surface area contributed by atoms with E-state index in [4.69, 9.17) is 15.9 Å². The predicted molar refractivity (Wildman–Crippen MR) is 134 cm³/mol. The number of imide groups is 1. The molecule has 202 valence electrons. The van der Waals surface area contributed by atoms with E-state index in [1.165, 1.54) is 30.5 Å². The van der Waals surface area contributed by atoms with Crippen molar-refractivity contribution < 1.29 is 34.2 Å². The monoisotopic (exact) mass is 538 g/mol. The van der Waals surface area contributed by atoms with Crippen molar-refractivity contribution in [1.29, 1.82) is 0 Å². The molecule has 0 aliphatic carbocycles. The number of rotatable bonds is 9. The summed E-state index contributed by atoms with van der Waals surface area (Å²) >= 11 is 0. The van der Waals surface area contributed by atoms with Crippen molar-refractivity contribution >= 4 is 52.5 Å². The van der Waals surface area contributed by atoms with Gasteiger partial charge in [-0.05, 0) is 30.7 Å². The van der Waals surface area contributed by atoms with Gasteiger partial charge in [0.05, 0.1) is 18.4 Å². The van der Waals surface area contributed by atoms with Gasteiger partial charge in [0.2, 0.25) is 5.95 Å². The highest BCUT2D eigenvalue weighted by Crippen LogP contribution is 2.12. The summed E-state index contributed by atoms with van der Waals surface area (Å²) in [6.07, 6.45) is 3.23. The zero-order valence-electron chi connectivity index (χ0n) is 20.0. The fraction of sp³-hybridized carbons (Fsp3) is 0.174. The van der Waals surface area contributed by atoms with Crippen LogP contribution in [0.3, 0.4) is 0 Å². The fourth-order valence-corrected chi connectivity index (χ4v) is 3.11. The number of aromatic amines is 1. The van der Waals surface area contributed by atoms with E-state index in [0.717, 1.165) is 0 Å². The van der Waals surface area contributed by atoms with Crippen molar-refractivity contribution in [2.75, 3.05) is 11.1 Å². The molecule has 8 N–H and O–H groups in total. The summed E-state index contributed by atoms with van der Waals surface area (Å²) in [6.45, 7) is 0.231. The van der Waals surface area contributed by atoms with E-state index >= 15 is 0 Å². The van der Waals surface area contributed by atoms with Gasteiger partial charge in [-0.2, -0.15) is 4.98 Å². The Hall–Kier alpha value is -5.67. The van der Waals surface area contributed by atoms with Crippen LogP contribution >= 0.6 is 0 Å². The molecule has 3 heterocycles. The molecule has 0 bridgehead atoms. The van der Waals surface area contributed by atoms with E-state index in [1.807, 2.05) is 5.32 Å². The molecule has 0 saturated carbocycles. The third-order valence-electron chi connectivity index (χ3n) is 4.99. The smallest absolute Gasteiger partial charge is 0.326 e. The van der Waals surface area contributed by atoms with Crippen molar-refractivity contribution in [3.63, 3.8) is 0 Å². The Balaban J connectivity index is 0.000000520. The Labute approximate surface area is 218 Å². The number of carboxylic acid groups (broad SMARTS) is 2. The van der Waals surface area contributed by atoms with Crippen molar-refractivity contribution in [3.8, 4) is 0 Å². The molecule has 2 aromatic heterocycles. The lowest BCUT2D eigenvalue weighted by Gasteiger charge is -2.14. The Kier molecular flexibility index (Phi) is 8.97. The largest absolute Gasteiger partial charge is 0.481 e. The number of fused-ring (bicyclic) bond motifs is 1. The number of nitrogens with two attached hydrogens (primary N) is 1. The number of anilines is 2. The first-order chi connectivity index (χ1) is 18.5. The van der Waals surface area contributed by atoms with Crippen molar-refractivity contribution in [2.45, 2.75) is 25.4 Å². The van der Waals surface area contributed by atoms with Crippen LogP contribution in [0.2, 0.25) is 0 Å². The summed E-state index contributed by atoms with van der Waals surface area (Å²) in [6, 6.07) is 4.86. The number of aliphatic carboxylic acids is 2. The van der Waals surface area contributed by atoms with Gasteiger partial charge in [-0.15, -0.1) is 0 Å². The molecule has 1 aromatic carbocycles. The topological polar surface area (TPSA) is 259 Å². The van der Waals surface area contributed by atoms with Gasteiger partial charge in [0, 0.05) is 29.8 Å². The van der Waals surface area contributed by atoms with Crippen molar-refractivity contribution in [1.82, 2.24) is 30.6 Å². The second kappa shape index (κ2) is 12.5. The second-order valence-corrected chi connectivity index (χ2v) is 7.90. The molecule has 1 aliphatic rings. The number of H-pyrrole nitrogens is 1. The van der Waals surface area contributed by atoms with E-state index in [2.05, 4.69) is 30.6 Å². The Morgan fingerprint density at radius 3 is 2.23 bits per heavy atom. The van der Waals surface area contributed by atoms with Gasteiger partial charge in [-0.25, -0.2) is 14.8 Å². The highest BCUT2D eigenvalue weighted by atomic mass is 16.4. The molecule has 1 aliphatic heterocycles. The SMILES string of the molecule is Nc1nc2ncc(CNc3ccc(C(=O)N[C@@H](CCC(=O)O)C(=O)O)cc3)nc2c(=O)[nH]1.O=C1C=CC(=O)N1. The lowest BCUT2D eigenvalue weighted by molar-refractivity contribution is -0.140. The number of benzene rings is 1. The molecule has 1 atom stereocenters. The average Bonchev–Trinajstić information content (AvgIpc) is 3.27. The zero-order valence-corrected chi connectivity index (χ0v) is 20.0. The molecule has 0 unspecified atom stereocenters. The van der Waals surface area contributed by atoms with Gasteiger partial charge in [0.1, 0.15) is 6.04 Å². The van der Waals surface area contributed by atoms with Crippen LogP contribution in [0.5, 0.6) is 0 Å². The molecule has 39 heavy (non-hydrogen) atoms. The van der Waals surface area contributed by atoms with Crippen LogP contribution in [0.25, 0.3) is 11.2 Å². The summed E-state index contributed by atoms with van der Waals surface area (Å²) in [5.41, 5.74) is 6.47. The standard InChI is InChI=1S/C19H19N7O6.C4H3NO2/c20-19-25-15-14(17(30)26-19)23-11(8-22-15)7-21-10-3-1-9(2-4-10)16(29)24-12(18(31)32)5-6-13(27)28;6-3-1-2-4(7)5-3/h1-4,8,12,21H,5-7H2,(H,24,29)(H,27,28)(H,31,32)(H3,20,22,25,26,30);1-2H,(H,5,6,7)/t12-;/m0./s1. The van der Waals surface area contributed by atoms with E-state index in [1.54, 1.807) is 12.1 Å². The van der Waals surface area contributed by atoms with E-state index in [9.17, 15) is 28.8 Å². The van der Waals surface area contributed by atoms with Crippen molar-refractivity contribution in [3.05, 3.63) is 64.2 Å². The first kappa shape index (κ1) is 27.9. The van der Waals surface area contributed by atoms with Crippen molar-refractivity contribution in [2.24, 2.45) is 0 Å². The van der Waals surface area contributed by atoms with Crippen LogP contribution in [-0.2, 0) is 25.7 Å². The summed E-state index contributed by atoms with van der Waals surface area (Å²) in [5.74, 6) is -3.81. The van der Waals surface area contributed by atoms with Crippen LogP contribution in [0.4, 0.5) is 11.6 Å². The third kappa shape index (κ3) is 8.17. The number of carbonyl (C=O) groups excluding carboxylic acids is 3. The normalized spacial score (nSPS) is 12.7. The maximum absolute atomic E-state index is 12.3. The number of carbonyl (C=O) groups is 5. The number of nitrogens with one attached hydrogen (secondary N) is 4. The van der Waals surface area contributed by atoms with E-state index in [-0.39, 0.29) is 53.9 Å². The molecule has 0 spiro atoms. The van der Waals surface area contributed by atoms with Crippen LogP contribution in [-0.4, -0.2) is 65.9 Å².